The van der Waals surface area contributed by atoms with Crippen molar-refractivity contribution < 1.29 is 31.1 Å². The summed E-state index contributed by atoms with van der Waals surface area (Å²) in [4.78, 5) is 0. The zero-order chi connectivity index (χ0) is 14.7. The topological polar surface area (TPSA) is 27.1 Å². The summed E-state index contributed by atoms with van der Waals surface area (Å²) in [6, 6.07) is 0. The highest BCUT2D eigenvalue weighted by Crippen LogP contribution is 2.22. The van der Waals surface area contributed by atoms with E-state index in [4.69, 9.17) is 11.6 Å². The second-order valence-corrected chi connectivity index (χ2v) is 4.07. The molecule has 0 amide bonds. The van der Waals surface area contributed by atoms with Gasteiger partial charge in [-0.1, -0.05) is 11.6 Å². The van der Waals surface area contributed by atoms with Gasteiger partial charge >= 0.3 is 12.4 Å². The average Bonchev–Trinajstić information content (AvgIpc) is 2.54. The third kappa shape index (κ3) is 6.67. The fourth-order valence-corrected chi connectivity index (χ4v) is 1.36. The van der Waals surface area contributed by atoms with Crippen molar-refractivity contribution in [1.82, 2.24) is 9.78 Å². The lowest BCUT2D eigenvalue weighted by Crippen LogP contribution is -2.17. The van der Waals surface area contributed by atoms with E-state index in [0.29, 0.717) is 0 Å². The summed E-state index contributed by atoms with van der Waals surface area (Å²) >= 11 is 5.62. The lowest BCUT2D eigenvalue weighted by atomic mass is 10.4. The molecule has 0 saturated heterocycles. The molecule has 0 aromatic carbocycles. The van der Waals surface area contributed by atoms with Crippen molar-refractivity contribution >= 4 is 11.6 Å². The molecule has 110 valence electrons. The first-order valence-corrected chi connectivity index (χ1v) is 5.38. The van der Waals surface area contributed by atoms with E-state index >= 15 is 0 Å². The first-order valence-electron chi connectivity index (χ1n) is 5.00. The molecule has 19 heavy (non-hydrogen) atoms. The maximum absolute atomic E-state index is 12.0. The van der Waals surface area contributed by atoms with Gasteiger partial charge in [-0.05, 0) is 0 Å². The van der Waals surface area contributed by atoms with Gasteiger partial charge in [0.2, 0.25) is 0 Å². The minimum Gasteiger partial charge on any atom is -0.366 e. The highest BCUT2D eigenvalue weighted by molar-refractivity contribution is 6.31. The summed E-state index contributed by atoms with van der Waals surface area (Å²) in [5.74, 6) is 0. The van der Waals surface area contributed by atoms with Gasteiger partial charge in [0.1, 0.15) is 12.3 Å². The number of aryl methyl sites for hydroxylation is 1. The molecule has 1 heterocycles. The molecule has 0 N–H and O–H groups in total. The van der Waals surface area contributed by atoms with Crippen LogP contribution in [0.25, 0.3) is 0 Å². The minimum absolute atomic E-state index is 0.0342. The smallest absolute Gasteiger partial charge is 0.366 e. The number of aromatic nitrogens is 2. The van der Waals surface area contributed by atoms with Crippen molar-refractivity contribution in [2.45, 2.75) is 31.9 Å². The van der Waals surface area contributed by atoms with Crippen LogP contribution in [0.1, 0.15) is 12.1 Å². The van der Waals surface area contributed by atoms with Gasteiger partial charge in [0.15, 0.2) is 0 Å². The zero-order valence-corrected chi connectivity index (χ0v) is 10.1. The van der Waals surface area contributed by atoms with Crippen LogP contribution in [0.15, 0.2) is 6.20 Å². The van der Waals surface area contributed by atoms with Crippen LogP contribution in [0.5, 0.6) is 0 Å². The Kier molecular flexibility index (Phi) is 5.08. The highest BCUT2D eigenvalue weighted by atomic mass is 35.5. The van der Waals surface area contributed by atoms with Crippen LogP contribution in [0.3, 0.4) is 0 Å². The Morgan fingerprint density at radius 3 is 2.32 bits per heavy atom. The van der Waals surface area contributed by atoms with Crippen LogP contribution in [-0.2, 0) is 17.9 Å². The van der Waals surface area contributed by atoms with Gasteiger partial charge in [-0.2, -0.15) is 31.4 Å². The number of halogens is 7. The van der Waals surface area contributed by atoms with Crippen LogP contribution < -0.4 is 0 Å². The van der Waals surface area contributed by atoms with Gasteiger partial charge in [0.25, 0.3) is 0 Å². The zero-order valence-electron chi connectivity index (χ0n) is 9.35. The molecule has 0 spiro atoms. The van der Waals surface area contributed by atoms with Crippen molar-refractivity contribution in [1.29, 1.82) is 0 Å². The molecular weight excluding hydrogens is 302 g/mol. The second-order valence-electron chi connectivity index (χ2n) is 3.66. The maximum atomic E-state index is 12.0. The van der Waals surface area contributed by atoms with Crippen LogP contribution in [0.4, 0.5) is 26.3 Å². The quantitative estimate of drug-likeness (QED) is 0.777. The Morgan fingerprint density at radius 1 is 1.16 bits per heavy atom. The Labute approximate surface area is 109 Å². The fraction of sp³-hybridized carbons (Fsp3) is 0.667. The molecule has 1 aromatic heterocycles. The molecule has 0 atom stereocenters. The second kappa shape index (κ2) is 6.00. The Morgan fingerprint density at radius 2 is 1.79 bits per heavy atom. The van der Waals surface area contributed by atoms with E-state index in [0.717, 1.165) is 10.9 Å². The average molecular weight is 311 g/mol. The fourth-order valence-electron chi connectivity index (χ4n) is 1.15. The number of ether oxygens (including phenoxy) is 1. The van der Waals surface area contributed by atoms with Crippen molar-refractivity contribution in [2.24, 2.45) is 0 Å². The third-order valence-corrected chi connectivity index (χ3v) is 2.23. The molecule has 0 aliphatic rings. The summed E-state index contributed by atoms with van der Waals surface area (Å²) in [5.41, 5.74) is -0.0342. The third-order valence-electron chi connectivity index (χ3n) is 1.92. The van der Waals surface area contributed by atoms with Gasteiger partial charge in [0, 0.05) is 12.7 Å². The molecule has 0 fully saturated rings. The van der Waals surface area contributed by atoms with Gasteiger partial charge in [-0.3, -0.25) is 4.68 Å². The molecule has 1 rings (SSSR count). The molecule has 0 aliphatic carbocycles. The van der Waals surface area contributed by atoms with Crippen molar-refractivity contribution in [3.8, 4) is 0 Å². The summed E-state index contributed by atoms with van der Waals surface area (Å²) in [7, 11) is 0. The van der Waals surface area contributed by atoms with Crippen LogP contribution in [0.2, 0.25) is 5.02 Å². The summed E-state index contributed by atoms with van der Waals surface area (Å²) in [6.07, 6.45) is -8.82. The van der Waals surface area contributed by atoms with Gasteiger partial charge in [-0.25, -0.2) is 0 Å². The summed E-state index contributed by atoms with van der Waals surface area (Å²) < 4.78 is 76.5. The molecule has 10 heteroatoms. The minimum atomic E-state index is -4.48. The molecule has 0 bridgehead atoms. The maximum Gasteiger partial charge on any atom is 0.411 e. The standard InChI is InChI=1S/C9H9ClF6N2O/c10-6-3-18(2-1-8(11,12)13)17-7(6)4-19-5-9(14,15)16/h3H,1-2,4-5H2. The van der Waals surface area contributed by atoms with E-state index in [1.807, 2.05) is 0 Å². The molecule has 0 radical (unpaired) electrons. The van der Waals surface area contributed by atoms with E-state index in [2.05, 4.69) is 9.84 Å². The lowest BCUT2D eigenvalue weighted by Gasteiger charge is -2.06. The number of hydrogen-bond acceptors (Lipinski definition) is 2. The van der Waals surface area contributed by atoms with Crippen LogP contribution in [-0.4, -0.2) is 28.7 Å². The predicted octanol–water partition coefficient (Wildman–Crippen LogP) is 3.57. The first kappa shape index (κ1) is 16.1. The van der Waals surface area contributed by atoms with Crippen molar-refractivity contribution in [3.63, 3.8) is 0 Å². The van der Waals surface area contributed by atoms with Gasteiger partial charge < -0.3 is 4.74 Å². The number of nitrogens with zero attached hydrogens (tertiary/aromatic N) is 2. The summed E-state index contributed by atoms with van der Waals surface area (Å²) in [6.45, 7) is -2.45. The number of hydrogen-bond donors (Lipinski definition) is 0. The lowest BCUT2D eigenvalue weighted by molar-refractivity contribution is -0.176. The SMILES string of the molecule is FC(F)(F)CCn1cc(Cl)c(COCC(F)(F)F)n1. The van der Waals surface area contributed by atoms with Crippen LogP contribution in [0, 0.1) is 0 Å². The van der Waals surface area contributed by atoms with Gasteiger partial charge in [-0.15, -0.1) is 0 Å². The van der Waals surface area contributed by atoms with Crippen molar-refractivity contribution in [3.05, 3.63) is 16.9 Å². The van der Waals surface area contributed by atoms with Gasteiger partial charge in [0.05, 0.1) is 18.1 Å². The Balaban J connectivity index is 2.50. The predicted molar refractivity (Wildman–Crippen MR) is 53.6 cm³/mol. The van der Waals surface area contributed by atoms with E-state index in [1.54, 1.807) is 0 Å². The van der Waals surface area contributed by atoms with Crippen LogP contribution >= 0.6 is 11.6 Å². The van der Waals surface area contributed by atoms with E-state index in [1.165, 1.54) is 0 Å². The molecule has 0 saturated carbocycles. The number of alkyl halides is 6. The molecular formula is C9H9ClF6N2O. The van der Waals surface area contributed by atoms with E-state index in [9.17, 15) is 26.3 Å². The normalized spacial score (nSPS) is 13.0. The monoisotopic (exact) mass is 310 g/mol. The Hall–Kier alpha value is -0.960. The largest absolute Gasteiger partial charge is 0.411 e. The number of rotatable bonds is 5. The molecule has 1 aromatic rings. The highest BCUT2D eigenvalue weighted by Gasteiger charge is 2.28. The van der Waals surface area contributed by atoms with Crippen molar-refractivity contribution in [2.75, 3.05) is 6.61 Å². The molecule has 0 aliphatic heterocycles. The van der Waals surface area contributed by atoms with E-state index in [-0.39, 0.29) is 10.7 Å². The summed E-state index contributed by atoms with van der Waals surface area (Å²) in [5, 5.41) is 3.59. The molecule has 3 nitrogen and oxygen atoms in total. The van der Waals surface area contributed by atoms with E-state index < -0.39 is 38.5 Å². The first-order chi connectivity index (χ1) is 8.57. The molecule has 0 unspecified atom stereocenters. The Bertz CT molecular complexity index is 414.